The predicted molar refractivity (Wildman–Crippen MR) is 109 cm³/mol. The Balaban J connectivity index is 1.39. The van der Waals surface area contributed by atoms with Crippen molar-refractivity contribution in [2.75, 3.05) is 13.2 Å². The van der Waals surface area contributed by atoms with Crippen LogP contribution in [0.25, 0.3) is 0 Å². The highest BCUT2D eigenvalue weighted by Crippen LogP contribution is 2.41. The molecule has 29 heavy (non-hydrogen) atoms. The Bertz CT molecular complexity index is 933. The molecule has 2 aromatic rings. The Morgan fingerprint density at radius 2 is 1.93 bits per heavy atom. The normalized spacial score (nSPS) is 22.7. The van der Waals surface area contributed by atoms with Crippen LogP contribution in [0.3, 0.4) is 0 Å². The molecule has 3 amide bonds. The smallest absolute Gasteiger partial charge is 0.325 e. The number of hydrogen-bond acceptors (Lipinski definition) is 4. The van der Waals surface area contributed by atoms with E-state index in [0.717, 1.165) is 28.0 Å². The van der Waals surface area contributed by atoms with Gasteiger partial charge in [0.2, 0.25) is 0 Å². The van der Waals surface area contributed by atoms with Crippen molar-refractivity contribution in [1.82, 2.24) is 10.2 Å². The second kappa shape index (κ2) is 7.78. The van der Waals surface area contributed by atoms with Crippen LogP contribution in [-0.2, 0) is 21.5 Å². The lowest BCUT2D eigenvalue weighted by Gasteiger charge is -2.23. The average molecular weight is 415 g/mol. The van der Waals surface area contributed by atoms with E-state index in [-0.39, 0.29) is 25.2 Å². The molecule has 2 aliphatic rings. The lowest BCUT2D eigenvalue weighted by Crippen LogP contribution is -2.43. The summed E-state index contributed by atoms with van der Waals surface area (Å²) in [6.45, 7) is 1.76. The van der Waals surface area contributed by atoms with Crippen LogP contribution < -0.4 is 5.32 Å². The average Bonchev–Trinajstić information content (AvgIpc) is 3.20. The summed E-state index contributed by atoms with van der Waals surface area (Å²) < 4.78 is 5.72. The first-order chi connectivity index (χ1) is 13.9. The molecule has 6 nitrogen and oxygen atoms in total. The van der Waals surface area contributed by atoms with E-state index in [1.165, 1.54) is 0 Å². The molecule has 1 spiro atoms. The number of fused-ring (bicyclic) bond motifs is 2. The number of hydrogen-bond donors (Lipinski definition) is 2. The van der Waals surface area contributed by atoms with Crippen LogP contribution in [0.4, 0.5) is 4.79 Å². The minimum absolute atomic E-state index is 0.00440. The number of benzene rings is 2. The number of aliphatic hydroxyl groups excluding tert-OH is 1. The standard InChI is InChI=1S/C22H23ClN2O4/c1-14(15-6-8-17(23)9-7-15)29-13-18(26)12-25-20(27)22(24-21(25)28)11-10-16-4-2-3-5-19(16)22/h2-9,14,18,26H,10-13H2,1H3,(H,24,28)/t14-,18-,22+/m1/s1. The maximum atomic E-state index is 13.1. The van der Waals surface area contributed by atoms with Crippen molar-refractivity contribution in [3.8, 4) is 0 Å². The number of carbonyl (C=O) groups is 2. The third-order valence-electron chi connectivity index (χ3n) is 5.69. The van der Waals surface area contributed by atoms with Crippen molar-refractivity contribution in [3.63, 3.8) is 0 Å². The number of ether oxygens (including phenoxy) is 1. The topological polar surface area (TPSA) is 78.9 Å². The zero-order valence-electron chi connectivity index (χ0n) is 16.1. The van der Waals surface area contributed by atoms with E-state index >= 15 is 0 Å². The van der Waals surface area contributed by atoms with Gasteiger partial charge in [-0.25, -0.2) is 4.79 Å². The molecule has 1 aliphatic heterocycles. The Kier molecular flexibility index (Phi) is 5.34. The molecule has 0 bridgehead atoms. The van der Waals surface area contributed by atoms with Crippen LogP contribution in [0.15, 0.2) is 48.5 Å². The fraction of sp³-hybridized carbons (Fsp3) is 0.364. The fourth-order valence-electron chi connectivity index (χ4n) is 4.10. The largest absolute Gasteiger partial charge is 0.389 e. The van der Waals surface area contributed by atoms with Crippen LogP contribution in [0, 0.1) is 0 Å². The van der Waals surface area contributed by atoms with Gasteiger partial charge in [0.05, 0.1) is 25.4 Å². The SMILES string of the molecule is C[C@@H](OC[C@H](O)CN1C(=O)N[C@]2(CCc3ccccc32)C1=O)c1ccc(Cl)cc1. The van der Waals surface area contributed by atoms with E-state index in [2.05, 4.69) is 5.32 Å². The zero-order chi connectivity index (χ0) is 20.6. The number of halogens is 1. The lowest BCUT2D eigenvalue weighted by molar-refractivity contribution is -0.133. The molecule has 0 saturated carbocycles. The Morgan fingerprint density at radius 3 is 2.69 bits per heavy atom. The first kappa shape index (κ1) is 19.9. The van der Waals surface area contributed by atoms with E-state index in [1.807, 2.05) is 43.3 Å². The highest BCUT2D eigenvalue weighted by molar-refractivity contribution is 6.30. The van der Waals surface area contributed by atoms with Crippen LogP contribution in [0.5, 0.6) is 0 Å². The molecule has 1 saturated heterocycles. The van der Waals surface area contributed by atoms with Gasteiger partial charge in [-0.2, -0.15) is 0 Å². The van der Waals surface area contributed by atoms with E-state index in [1.54, 1.807) is 12.1 Å². The summed E-state index contributed by atoms with van der Waals surface area (Å²) >= 11 is 5.89. The molecule has 1 fully saturated rings. The molecule has 3 atom stereocenters. The maximum absolute atomic E-state index is 13.1. The number of aliphatic hydroxyl groups is 1. The summed E-state index contributed by atoms with van der Waals surface area (Å²) in [5, 5.41) is 13.9. The van der Waals surface area contributed by atoms with Gasteiger partial charge in [0.25, 0.3) is 5.91 Å². The third kappa shape index (κ3) is 3.64. The molecule has 0 radical (unpaired) electrons. The first-order valence-electron chi connectivity index (χ1n) is 9.68. The second-order valence-corrected chi connectivity index (χ2v) is 8.03. The molecule has 4 rings (SSSR count). The molecule has 1 aliphatic carbocycles. The van der Waals surface area contributed by atoms with E-state index in [4.69, 9.17) is 16.3 Å². The Morgan fingerprint density at radius 1 is 1.21 bits per heavy atom. The molecular formula is C22H23ClN2O4. The van der Waals surface area contributed by atoms with E-state index in [9.17, 15) is 14.7 Å². The quantitative estimate of drug-likeness (QED) is 0.711. The lowest BCUT2D eigenvalue weighted by atomic mass is 9.92. The summed E-state index contributed by atoms with van der Waals surface area (Å²) in [4.78, 5) is 26.7. The Labute approximate surface area is 174 Å². The van der Waals surface area contributed by atoms with Crippen molar-refractivity contribution >= 4 is 23.5 Å². The number of amides is 3. The first-order valence-corrected chi connectivity index (χ1v) is 10.1. The number of nitrogens with zero attached hydrogens (tertiary/aromatic N) is 1. The molecular weight excluding hydrogens is 392 g/mol. The Hall–Kier alpha value is -2.41. The summed E-state index contributed by atoms with van der Waals surface area (Å²) in [6, 6.07) is 14.5. The van der Waals surface area contributed by atoms with Gasteiger partial charge in [-0.15, -0.1) is 0 Å². The number of aryl methyl sites for hydroxylation is 1. The summed E-state index contributed by atoms with van der Waals surface area (Å²) in [5.41, 5.74) is 1.84. The molecule has 152 valence electrons. The molecule has 0 aromatic heterocycles. The van der Waals surface area contributed by atoms with Crippen LogP contribution >= 0.6 is 11.6 Å². The fourth-order valence-corrected chi connectivity index (χ4v) is 4.23. The summed E-state index contributed by atoms with van der Waals surface area (Å²) in [5.74, 6) is -0.308. The minimum Gasteiger partial charge on any atom is -0.389 e. The monoisotopic (exact) mass is 414 g/mol. The van der Waals surface area contributed by atoms with Crippen molar-refractivity contribution < 1.29 is 19.4 Å². The predicted octanol–water partition coefficient (Wildman–Crippen LogP) is 3.17. The minimum atomic E-state index is -1.01. The number of carbonyl (C=O) groups excluding carboxylic acids is 2. The van der Waals surface area contributed by atoms with Crippen molar-refractivity contribution in [2.45, 2.75) is 37.5 Å². The van der Waals surface area contributed by atoms with Crippen molar-refractivity contribution in [3.05, 3.63) is 70.2 Å². The zero-order valence-corrected chi connectivity index (χ0v) is 16.9. The number of imide groups is 1. The highest BCUT2D eigenvalue weighted by atomic mass is 35.5. The van der Waals surface area contributed by atoms with Gasteiger partial charge in [0.15, 0.2) is 0 Å². The summed E-state index contributed by atoms with van der Waals surface area (Å²) in [6.07, 6.45) is 0.0396. The third-order valence-corrected chi connectivity index (χ3v) is 5.95. The van der Waals surface area contributed by atoms with Crippen molar-refractivity contribution in [1.29, 1.82) is 0 Å². The number of β-amino-alcohol motifs (C(OH)–C–C–N with tert-alkyl or cyclic N) is 1. The van der Waals surface area contributed by atoms with Gasteiger partial charge < -0.3 is 15.2 Å². The molecule has 2 N–H and O–H groups in total. The molecule has 2 aromatic carbocycles. The van der Waals surface area contributed by atoms with Gasteiger partial charge in [-0.3, -0.25) is 9.69 Å². The van der Waals surface area contributed by atoms with Gasteiger partial charge in [-0.1, -0.05) is 48.0 Å². The number of rotatable bonds is 6. The molecule has 7 heteroatoms. The summed E-state index contributed by atoms with van der Waals surface area (Å²) in [7, 11) is 0. The molecule has 0 unspecified atom stereocenters. The van der Waals surface area contributed by atoms with Crippen LogP contribution in [-0.4, -0.2) is 41.2 Å². The number of nitrogens with one attached hydrogen (secondary N) is 1. The van der Waals surface area contributed by atoms with Gasteiger partial charge in [0, 0.05) is 5.02 Å². The van der Waals surface area contributed by atoms with Crippen LogP contribution in [0.2, 0.25) is 5.02 Å². The van der Waals surface area contributed by atoms with Gasteiger partial charge >= 0.3 is 6.03 Å². The number of urea groups is 1. The van der Waals surface area contributed by atoms with E-state index < -0.39 is 17.7 Å². The van der Waals surface area contributed by atoms with Crippen LogP contribution in [0.1, 0.15) is 36.1 Å². The van der Waals surface area contributed by atoms with Gasteiger partial charge in [0.1, 0.15) is 5.54 Å². The van der Waals surface area contributed by atoms with Gasteiger partial charge in [-0.05, 0) is 48.6 Å². The second-order valence-electron chi connectivity index (χ2n) is 7.59. The maximum Gasteiger partial charge on any atom is 0.325 e. The highest BCUT2D eigenvalue weighted by Gasteiger charge is 2.55. The van der Waals surface area contributed by atoms with E-state index in [0.29, 0.717) is 11.4 Å². The van der Waals surface area contributed by atoms with Crippen molar-refractivity contribution in [2.24, 2.45) is 0 Å². The molecule has 1 heterocycles.